The maximum atomic E-state index is 12.4. The number of nitrogens with one attached hydrogen (secondary N) is 2. The summed E-state index contributed by atoms with van der Waals surface area (Å²) >= 11 is 0. The number of nitrogens with zero attached hydrogens (tertiary/aromatic N) is 1. The summed E-state index contributed by atoms with van der Waals surface area (Å²) in [6, 6.07) is 4.90. The summed E-state index contributed by atoms with van der Waals surface area (Å²) < 4.78 is 34.6. The fraction of sp³-hybridized carbons (Fsp3) is 0.588. The first-order valence-electron chi connectivity index (χ1n) is 8.25. The van der Waals surface area contributed by atoms with E-state index in [1.807, 2.05) is 0 Å². The Labute approximate surface area is 142 Å². The van der Waals surface area contributed by atoms with Crippen LogP contribution in [0.3, 0.4) is 0 Å². The lowest BCUT2D eigenvalue weighted by Gasteiger charge is -2.14. The maximum absolute atomic E-state index is 12.4. The Kier molecular flexibility index (Phi) is 9.56. The van der Waals surface area contributed by atoms with Gasteiger partial charge in [0.25, 0.3) is 0 Å². The second-order valence-electron chi connectivity index (χ2n) is 5.15. The molecule has 1 aromatic rings. The zero-order valence-corrected chi connectivity index (χ0v) is 14.6. The van der Waals surface area contributed by atoms with E-state index in [1.165, 1.54) is 18.9 Å². The normalized spacial score (nSPS) is 11.5. The van der Waals surface area contributed by atoms with Gasteiger partial charge < -0.3 is 20.1 Å². The molecule has 0 saturated heterocycles. The predicted molar refractivity (Wildman–Crippen MR) is 92.0 cm³/mol. The summed E-state index contributed by atoms with van der Waals surface area (Å²) in [4.78, 5) is 4.16. The monoisotopic (exact) mass is 343 g/mol. The van der Waals surface area contributed by atoms with Crippen LogP contribution in [0.25, 0.3) is 0 Å². The van der Waals surface area contributed by atoms with Gasteiger partial charge in [0, 0.05) is 20.1 Å². The van der Waals surface area contributed by atoms with Crippen LogP contribution >= 0.6 is 0 Å². The van der Waals surface area contributed by atoms with Gasteiger partial charge in [-0.1, -0.05) is 25.8 Å². The quantitative estimate of drug-likeness (QED) is 0.388. The number of hydrogen-bond donors (Lipinski definition) is 2. The molecule has 1 rings (SSSR count). The third-order valence-electron chi connectivity index (χ3n) is 3.28. The summed E-state index contributed by atoms with van der Waals surface area (Å²) in [7, 11) is 1.71. The van der Waals surface area contributed by atoms with Crippen molar-refractivity contribution < 1.29 is 18.3 Å². The van der Waals surface area contributed by atoms with Gasteiger partial charge in [-0.05, 0) is 31.0 Å². The van der Waals surface area contributed by atoms with Crippen LogP contribution in [0.2, 0.25) is 0 Å². The highest BCUT2D eigenvalue weighted by Crippen LogP contribution is 2.29. The lowest BCUT2D eigenvalue weighted by Crippen LogP contribution is -2.37. The molecule has 0 aliphatic rings. The number of alkyl halides is 2. The standard InChI is InChI=1S/C17H27F2N3O2/c1-4-6-7-10-21-17(20-3)22-12-13-8-9-14(24-16(18)19)15(11-13)23-5-2/h8-9,11,16H,4-7,10,12H2,1-3H3,(H2,20,21,22). The van der Waals surface area contributed by atoms with Crippen LogP contribution in [0.15, 0.2) is 23.2 Å². The van der Waals surface area contributed by atoms with Gasteiger partial charge in [-0.2, -0.15) is 8.78 Å². The van der Waals surface area contributed by atoms with Gasteiger partial charge in [-0.25, -0.2) is 0 Å². The van der Waals surface area contributed by atoms with Crippen LogP contribution in [0.4, 0.5) is 8.78 Å². The van der Waals surface area contributed by atoms with E-state index in [0.717, 1.165) is 18.5 Å². The van der Waals surface area contributed by atoms with Crippen molar-refractivity contribution in [2.24, 2.45) is 4.99 Å². The summed E-state index contributed by atoms with van der Waals surface area (Å²) in [5, 5.41) is 6.42. The molecule has 5 nitrogen and oxygen atoms in total. The van der Waals surface area contributed by atoms with Gasteiger partial charge in [0.05, 0.1) is 6.61 Å². The zero-order valence-electron chi connectivity index (χ0n) is 14.6. The van der Waals surface area contributed by atoms with Crippen molar-refractivity contribution in [3.63, 3.8) is 0 Å². The van der Waals surface area contributed by atoms with Gasteiger partial charge in [0.2, 0.25) is 0 Å². The maximum Gasteiger partial charge on any atom is 0.387 e. The van der Waals surface area contributed by atoms with Crippen molar-refractivity contribution in [2.75, 3.05) is 20.2 Å². The van der Waals surface area contributed by atoms with Crippen molar-refractivity contribution in [1.29, 1.82) is 0 Å². The topological polar surface area (TPSA) is 54.9 Å². The van der Waals surface area contributed by atoms with Crippen LogP contribution in [-0.4, -0.2) is 32.8 Å². The van der Waals surface area contributed by atoms with Crippen LogP contribution in [0.1, 0.15) is 38.7 Å². The highest BCUT2D eigenvalue weighted by Gasteiger charge is 2.11. The number of aliphatic imine (C=N–C) groups is 1. The second-order valence-corrected chi connectivity index (χ2v) is 5.15. The average molecular weight is 343 g/mol. The molecule has 2 N–H and O–H groups in total. The second kappa shape index (κ2) is 11.5. The van der Waals surface area contributed by atoms with E-state index in [0.29, 0.717) is 24.9 Å². The van der Waals surface area contributed by atoms with Crippen molar-refractivity contribution in [2.45, 2.75) is 46.3 Å². The third-order valence-corrected chi connectivity index (χ3v) is 3.28. The number of rotatable bonds is 10. The first-order valence-corrected chi connectivity index (χ1v) is 8.25. The lowest BCUT2D eigenvalue weighted by atomic mass is 10.2. The van der Waals surface area contributed by atoms with E-state index in [2.05, 4.69) is 27.3 Å². The van der Waals surface area contributed by atoms with Crippen LogP contribution in [0, 0.1) is 0 Å². The molecule has 0 fully saturated rings. The lowest BCUT2D eigenvalue weighted by molar-refractivity contribution is -0.0514. The van der Waals surface area contributed by atoms with E-state index < -0.39 is 6.61 Å². The van der Waals surface area contributed by atoms with Gasteiger partial charge >= 0.3 is 6.61 Å². The fourth-order valence-electron chi connectivity index (χ4n) is 2.11. The third kappa shape index (κ3) is 7.48. The van der Waals surface area contributed by atoms with E-state index in [9.17, 15) is 8.78 Å². The van der Waals surface area contributed by atoms with Crippen LogP contribution in [0.5, 0.6) is 11.5 Å². The van der Waals surface area contributed by atoms with Gasteiger partial charge in [-0.3, -0.25) is 4.99 Å². The molecule has 24 heavy (non-hydrogen) atoms. The van der Waals surface area contributed by atoms with Crippen molar-refractivity contribution in [1.82, 2.24) is 10.6 Å². The molecule has 136 valence electrons. The molecule has 1 aromatic carbocycles. The molecule has 0 unspecified atom stereocenters. The van der Waals surface area contributed by atoms with Crippen molar-refractivity contribution in [3.8, 4) is 11.5 Å². The number of unbranched alkanes of at least 4 members (excludes halogenated alkanes) is 2. The van der Waals surface area contributed by atoms with Gasteiger partial charge in [0.15, 0.2) is 17.5 Å². The summed E-state index contributed by atoms with van der Waals surface area (Å²) in [5.41, 5.74) is 0.886. The number of guanidine groups is 1. The molecule has 0 aromatic heterocycles. The molecule has 7 heteroatoms. The first kappa shape index (κ1) is 20.0. The van der Waals surface area contributed by atoms with Crippen LogP contribution < -0.4 is 20.1 Å². The average Bonchev–Trinajstić information content (AvgIpc) is 2.56. The molecule has 0 spiro atoms. The molecule has 0 atom stereocenters. The van der Waals surface area contributed by atoms with E-state index in [4.69, 9.17) is 4.74 Å². The van der Waals surface area contributed by atoms with Crippen LogP contribution in [-0.2, 0) is 6.54 Å². The van der Waals surface area contributed by atoms with E-state index >= 15 is 0 Å². The van der Waals surface area contributed by atoms with E-state index in [1.54, 1.807) is 26.1 Å². The minimum atomic E-state index is -2.88. The highest BCUT2D eigenvalue weighted by molar-refractivity contribution is 5.79. The summed E-state index contributed by atoms with van der Waals surface area (Å²) in [6.07, 6.45) is 3.43. The summed E-state index contributed by atoms with van der Waals surface area (Å²) in [6.45, 7) is 2.81. The van der Waals surface area contributed by atoms with Crippen molar-refractivity contribution in [3.05, 3.63) is 23.8 Å². The molecular weight excluding hydrogens is 316 g/mol. The number of benzene rings is 1. The molecule has 0 radical (unpaired) electrons. The Morgan fingerprint density at radius 3 is 2.58 bits per heavy atom. The molecule has 0 heterocycles. The molecule has 0 aliphatic carbocycles. The molecule has 0 saturated carbocycles. The number of halogens is 2. The number of ether oxygens (including phenoxy) is 2. The fourth-order valence-corrected chi connectivity index (χ4v) is 2.11. The molecular formula is C17H27F2N3O2. The molecule has 0 bridgehead atoms. The smallest absolute Gasteiger partial charge is 0.387 e. The highest BCUT2D eigenvalue weighted by atomic mass is 19.3. The Morgan fingerprint density at radius 2 is 1.96 bits per heavy atom. The minimum Gasteiger partial charge on any atom is -0.490 e. The minimum absolute atomic E-state index is 0.0395. The van der Waals surface area contributed by atoms with Gasteiger partial charge in [-0.15, -0.1) is 0 Å². The Balaban J connectivity index is 2.61. The van der Waals surface area contributed by atoms with E-state index in [-0.39, 0.29) is 5.75 Å². The summed E-state index contributed by atoms with van der Waals surface area (Å²) in [5.74, 6) is 1.05. The Hall–Kier alpha value is -2.05. The predicted octanol–water partition coefficient (Wildman–Crippen LogP) is 3.54. The Bertz CT molecular complexity index is 511. The zero-order chi connectivity index (χ0) is 17.8. The molecule has 0 aliphatic heterocycles. The first-order chi connectivity index (χ1) is 11.6. The van der Waals surface area contributed by atoms with Gasteiger partial charge in [0.1, 0.15) is 0 Å². The Morgan fingerprint density at radius 1 is 1.17 bits per heavy atom. The number of hydrogen-bond acceptors (Lipinski definition) is 3. The largest absolute Gasteiger partial charge is 0.490 e. The molecule has 0 amide bonds. The van der Waals surface area contributed by atoms with Crippen molar-refractivity contribution >= 4 is 5.96 Å². The SMILES string of the molecule is CCCCCNC(=NC)NCc1ccc(OC(F)F)c(OCC)c1.